The van der Waals surface area contributed by atoms with Gasteiger partial charge in [0.2, 0.25) is 0 Å². The zero-order chi connectivity index (χ0) is 27.5. The summed E-state index contributed by atoms with van der Waals surface area (Å²) in [6.07, 6.45) is -4.09. The van der Waals surface area contributed by atoms with E-state index >= 15 is 0 Å². The van der Waals surface area contributed by atoms with Gasteiger partial charge in [-0.25, -0.2) is 8.42 Å². The van der Waals surface area contributed by atoms with Crippen LogP contribution >= 0.6 is 23.2 Å². The molecule has 38 heavy (non-hydrogen) atoms. The minimum atomic E-state index is -4.26. The number of alkyl halides is 3. The molecule has 0 bridgehead atoms. The fourth-order valence-electron chi connectivity index (χ4n) is 4.17. The molecule has 1 amide bonds. The van der Waals surface area contributed by atoms with E-state index in [0.29, 0.717) is 16.5 Å². The summed E-state index contributed by atoms with van der Waals surface area (Å²) in [4.78, 5) is 12.9. The first-order valence-electron chi connectivity index (χ1n) is 11.6. The summed E-state index contributed by atoms with van der Waals surface area (Å²) in [7, 11) is -4.12. The van der Waals surface area contributed by atoms with Crippen LogP contribution < -0.4 is 14.8 Å². The van der Waals surface area contributed by atoms with Crippen molar-refractivity contribution < 1.29 is 31.1 Å². The Morgan fingerprint density at radius 3 is 2.21 bits per heavy atom. The van der Waals surface area contributed by atoms with Crippen molar-refractivity contribution in [1.82, 2.24) is 5.32 Å². The first kappa shape index (κ1) is 28.1. The number of sulfonamides is 1. The molecule has 0 aromatic heterocycles. The van der Waals surface area contributed by atoms with Gasteiger partial charge in [0, 0.05) is 11.1 Å². The Balaban J connectivity index is 1.46. The van der Waals surface area contributed by atoms with Gasteiger partial charge in [-0.1, -0.05) is 35.3 Å². The predicted octanol–water partition coefficient (Wildman–Crippen LogP) is 7.44. The maximum absolute atomic E-state index is 13.1. The minimum Gasteiger partial charge on any atom is -0.456 e. The molecule has 1 saturated carbocycles. The monoisotopic (exact) mass is 586 g/mol. The molecule has 202 valence electrons. The number of para-hydroxylation sites is 1. The average molecular weight is 587 g/mol. The zero-order valence-corrected chi connectivity index (χ0v) is 22.1. The highest BCUT2D eigenvalue weighted by Gasteiger charge is 2.41. The van der Waals surface area contributed by atoms with E-state index in [-0.39, 0.29) is 46.9 Å². The molecule has 2 N–H and O–H groups in total. The third kappa shape index (κ3) is 6.92. The number of hydrogen-bond donors (Lipinski definition) is 2. The van der Waals surface area contributed by atoms with Gasteiger partial charge in [0.25, 0.3) is 15.9 Å². The number of nitrogens with one attached hydrogen (secondary N) is 2. The number of hydrogen-bond acceptors (Lipinski definition) is 4. The Bertz CT molecular complexity index is 1410. The van der Waals surface area contributed by atoms with Crippen molar-refractivity contribution in [3.8, 4) is 11.5 Å². The third-order valence-electron chi connectivity index (χ3n) is 6.19. The number of rotatable bonds is 7. The third-order valence-corrected chi connectivity index (χ3v) is 8.12. The molecule has 6 nitrogen and oxygen atoms in total. The molecule has 1 aliphatic rings. The van der Waals surface area contributed by atoms with E-state index in [1.54, 1.807) is 24.3 Å². The molecule has 0 radical (unpaired) electrons. The standard InChI is InChI=1S/C26H23Cl2F3N2O4S/c27-17-7-14-23(21(15-17)25(34)32-18-8-5-16(6-9-18)26(29,30)31)33-38(35,36)20-12-10-19(11-13-20)37-24-4-2-1-3-22(24)28/h1-4,7,10-16,18,33H,5-6,8-9H2,(H,32,34). The van der Waals surface area contributed by atoms with Crippen LogP contribution in [0.3, 0.4) is 0 Å². The summed E-state index contributed by atoms with van der Waals surface area (Å²) in [6, 6.07) is 16.0. The van der Waals surface area contributed by atoms with E-state index in [9.17, 15) is 26.4 Å². The second-order valence-electron chi connectivity index (χ2n) is 8.86. The Morgan fingerprint density at radius 2 is 1.58 bits per heavy atom. The van der Waals surface area contributed by atoms with E-state index in [4.69, 9.17) is 27.9 Å². The van der Waals surface area contributed by atoms with Crippen LogP contribution in [0.4, 0.5) is 18.9 Å². The Kier molecular flexibility index (Phi) is 8.44. The van der Waals surface area contributed by atoms with Gasteiger partial charge < -0.3 is 10.1 Å². The van der Waals surface area contributed by atoms with E-state index in [0.717, 1.165) is 0 Å². The Morgan fingerprint density at radius 1 is 0.921 bits per heavy atom. The Labute approximate surface area is 228 Å². The molecular formula is C26H23Cl2F3N2O4S. The summed E-state index contributed by atoms with van der Waals surface area (Å²) in [5.41, 5.74) is -0.0648. The predicted molar refractivity (Wildman–Crippen MR) is 139 cm³/mol. The van der Waals surface area contributed by atoms with E-state index in [1.165, 1.54) is 42.5 Å². The summed E-state index contributed by atoms with van der Waals surface area (Å²) < 4.78 is 73.0. The molecule has 3 aromatic carbocycles. The quantitative estimate of drug-likeness (QED) is 0.301. The number of carbonyl (C=O) groups excluding carboxylic acids is 1. The van der Waals surface area contributed by atoms with Gasteiger partial charge in [0.15, 0.2) is 0 Å². The van der Waals surface area contributed by atoms with Crippen LogP contribution in [0.2, 0.25) is 10.0 Å². The average Bonchev–Trinajstić information content (AvgIpc) is 2.86. The van der Waals surface area contributed by atoms with E-state index in [1.807, 2.05) is 0 Å². The van der Waals surface area contributed by atoms with Crippen molar-refractivity contribution in [3.63, 3.8) is 0 Å². The summed E-state index contributed by atoms with van der Waals surface area (Å²) >= 11 is 12.1. The van der Waals surface area contributed by atoms with Crippen LogP contribution in [-0.4, -0.2) is 26.5 Å². The molecule has 0 aliphatic heterocycles. The maximum atomic E-state index is 13.1. The summed E-state index contributed by atoms with van der Waals surface area (Å²) in [5, 5.41) is 3.30. The van der Waals surface area contributed by atoms with Crippen LogP contribution in [0, 0.1) is 5.92 Å². The lowest BCUT2D eigenvalue weighted by atomic mass is 9.85. The zero-order valence-electron chi connectivity index (χ0n) is 19.8. The largest absolute Gasteiger partial charge is 0.456 e. The second kappa shape index (κ2) is 11.4. The first-order chi connectivity index (χ1) is 17.9. The van der Waals surface area contributed by atoms with Crippen molar-refractivity contribution in [1.29, 1.82) is 0 Å². The van der Waals surface area contributed by atoms with Gasteiger partial charge >= 0.3 is 6.18 Å². The van der Waals surface area contributed by atoms with Gasteiger partial charge in [-0.15, -0.1) is 0 Å². The van der Waals surface area contributed by atoms with Crippen molar-refractivity contribution in [2.24, 2.45) is 5.92 Å². The van der Waals surface area contributed by atoms with E-state index in [2.05, 4.69) is 10.0 Å². The lowest BCUT2D eigenvalue weighted by Gasteiger charge is -2.30. The number of amides is 1. The van der Waals surface area contributed by atoms with Crippen LogP contribution in [0.15, 0.2) is 71.6 Å². The smallest absolute Gasteiger partial charge is 0.391 e. The molecule has 3 aromatic rings. The number of anilines is 1. The van der Waals surface area contributed by atoms with Gasteiger partial charge in [0.1, 0.15) is 11.5 Å². The normalized spacial score (nSPS) is 18.0. The van der Waals surface area contributed by atoms with E-state index < -0.39 is 34.1 Å². The maximum Gasteiger partial charge on any atom is 0.391 e. The molecule has 0 atom stereocenters. The molecule has 0 heterocycles. The van der Waals surface area contributed by atoms with Crippen molar-refractivity contribution >= 4 is 44.8 Å². The van der Waals surface area contributed by atoms with Crippen molar-refractivity contribution in [2.45, 2.75) is 42.8 Å². The summed E-state index contributed by atoms with van der Waals surface area (Å²) in [5.74, 6) is -1.25. The molecule has 1 fully saturated rings. The van der Waals surface area contributed by atoms with Crippen LogP contribution in [-0.2, 0) is 10.0 Å². The van der Waals surface area contributed by atoms with Crippen LogP contribution in [0.25, 0.3) is 0 Å². The SMILES string of the molecule is O=C(NC1CCC(C(F)(F)F)CC1)c1cc(Cl)ccc1NS(=O)(=O)c1ccc(Oc2ccccc2Cl)cc1. The van der Waals surface area contributed by atoms with Crippen LogP contribution in [0.1, 0.15) is 36.0 Å². The highest BCUT2D eigenvalue weighted by Crippen LogP contribution is 2.37. The van der Waals surface area contributed by atoms with Gasteiger partial charge in [0.05, 0.1) is 27.1 Å². The van der Waals surface area contributed by atoms with Crippen LogP contribution in [0.5, 0.6) is 11.5 Å². The lowest BCUT2D eigenvalue weighted by Crippen LogP contribution is -2.40. The molecule has 12 heteroatoms. The van der Waals surface area contributed by atoms with Gasteiger partial charge in [-0.3, -0.25) is 9.52 Å². The molecule has 4 rings (SSSR count). The number of halogens is 5. The molecule has 0 spiro atoms. The summed E-state index contributed by atoms with van der Waals surface area (Å²) in [6.45, 7) is 0. The molecular weight excluding hydrogens is 564 g/mol. The lowest BCUT2D eigenvalue weighted by molar-refractivity contribution is -0.182. The molecule has 0 unspecified atom stereocenters. The molecule has 1 aliphatic carbocycles. The number of carbonyl (C=O) groups is 1. The first-order valence-corrected chi connectivity index (χ1v) is 13.9. The van der Waals surface area contributed by atoms with Gasteiger partial charge in [-0.2, -0.15) is 13.2 Å². The van der Waals surface area contributed by atoms with Crippen molar-refractivity contribution in [2.75, 3.05) is 4.72 Å². The Hall–Kier alpha value is -2.95. The molecule has 0 saturated heterocycles. The second-order valence-corrected chi connectivity index (χ2v) is 11.4. The number of ether oxygens (including phenoxy) is 1. The number of benzene rings is 3. The topological polar surface area (TPSA) is 84.5 Å². The van der Waals surface area contributed by atoms with Crippen molar-refractivity contribution in [3.05, 3.63) is 82.3 Å². The highest BCUT2D eigenvalue weighted by atomic mass is 35.5. The fourth-order valence-corrected chi connectivity index (χ4v) is 5.59. The van der Waals surface area contributed by atoms with Gasteiger partial charge in [-0.05, 0) is 80.3 Å². The minimum absolute atomic E-state index is 0.0210. The highest BCUT2D eigenvalue weighted by molar-refractivity contribution is 7.92. The fraction of sp³-hybridized carbons (Fsp3) is 0.269.